The highest BCUT2D eigenvalue weighted by Gasteiger charge is 2.19. The van der Waals surface area contributed by atoms with Crippen LogP contribution in [0.25, 0.3) is 20.4 Å². The SMILES string of the molecule is CC(C)n1c(=O)sc2cc(NS(=O)(=O)c3ccc4c(c3)sc(=O)n4C(C)C)ccc21. The molecule has 30 heavy (non-hydrogen) atoms. The Balaban J connectivity index is 1.72. The third kappa shape index (κ3) is 3.48. The normalized spacial score (nSPS) is 12.5. The third-order valence-electron chi connectivity index (χ3n) is 4.79. The Hall–Kier alpha value is -2.43. The summed E-state index contributed by atoms with van der Waals surface area (Å²) in [7, 11) is -3.85. The van der Waals surface area contributed by atoms with Crippen molar-refractivity contribution in [2.75, 3.05) is 4.72 Å². The highest BCUT2D eigenvalue weighted by molar-refractivity contribution is 7.92. The molecule has 0 spiro atoms. The van der Waals surface area contributed by atoms with Crippen LogP contribution in [0.5, 0.6) is 0 Å². The molecule has 1 N–H and O–H groups in total. The standard InChI is InChI=1S/C20H21N3O4S3/c1-11(2)22-15-7-5-13(9-17(15)28-19(22)24)21-30(26,27)14-6-8-16-18(10-14)29-20(25)23(16)12(3)4/h5-12,21H,1-4H3. The molecule has 0 aliphatic rings. The van der Waals surface area contributed by atoms with Gasteiger partial charge in [0.05, 0.1) is 31.0 Å². The van der Waals surface area contributed by atoms with Gasteiger partial charge in [0.25, 0.3) is 10.0 Å². The lowest BCUT2D eigenvalue weighted by Crippen LogP contribution is -2.15. The van der Waals surface area contributed by atoms with Crippen molar-refractivity contribution in [2.45, 2.75) is 44.7 Å². The molecule has 4 rings (SSSR count). The zero-order valence-electron chi connectivity index (χ0n) is 16.9. The number of aromatic nitrogens is 2. The van der Waals surface area contributed by atoms with Crippen LogP contribution in [-0.2, 0) is 10.0 Å². The molecule has 2 heterocycles. The molecule has 0 aliphatic heterocycles. The van der Waals surface area contributed by atoms with E-state index in [1.807, 2.05) is 27.7 Å². The number of hydrogen-bond donors (Lipinski definition) is 1. The Kier molecular flexibility index (Phi) is 5.11. The maximum atomic E-state index is 12.9. The zero-order valence-corrected chi connectivity index (χ0v) is 19.3. The van der Waals surface area contributed by atoms with Crippen molar-refractivity contribution in [2.24, 2.45) is 0 Å². The van der Waals surface area contributed by atoms with Gasteiger partial charge in [-0.25, -0.2) is 8.42 Å². The quantitative estimate of drug-likeness (QED) is 0.475. The van der Waals surface area contributed by atoms with Crippen LogP contribution in [0, 0.1) is 0 Å². The molecule has 2 aromatic carbocycles. The lowest BCUT2D eigenvalue weighted by Gasteiger charge is -2.11. The van der Waals surface area contributed by atoms with Gasteiger partial charge in [0.15, 0.2) is 0 Å². The van der Waals surface area contributed by atoms with Crippen LogP contribution in [0.3, 0.4) is 0 Å². The number of sulfonamides is 1. The third-order valence-corrected chi connectivity index (χ3v) is 8.01. The van der Waals surface area contributed by atoms with Gasteiger partial charge in [-0.2, -0.15) is 0 Å². The van der Waals surface area contributed by atoms with Gasteiger partial charge in [0.2, 0.25) is 0 Å². The minimum Gasteiger partial charge on any atom is -0.296 e. The smallest absolute Gasteiger partial charge is 0.296 e. The summed E-state index contributed by atoms with van der Waals surface area (Å²) < 4.78 is 33.1. The molecular formula is C20H21N3O4S3. The van der Waals surface area contributed by atoms with Crippen molar-refractivity contribution in [3.8, 4) is 0 Å². The number of thiazole rings is 2. The van der Waals surface area contributed by atoms with E-state index in [2.05, 4.69) is 4.72 Å². The summed E-state index contributed by atoms with van der Waals surface area (Å²) in [6, 6.07) is 9.77. The van der Waals surface area contributed by atoms with Crippen LogP contribution >= 0.6 is 22.7 Å². The molecule has 2 aromatic heterocycles. The number of rotatable bonds is 5. The number of nitrogens with zero attached hydrogens (tertiary/aromatic N) is 2. The van der Waals surface area contributed by atoms with Crippen LogP contribution < -0.4 is 14.5 Å². The summed E-state index contributed by atoms with van der Waals surface area (Å²) in [4.78, 5) is 24.3. The predicted octanol–water partition coefficient (Wildman–Crippen LogP) is 4.40. The first-order chi connectivity index (χ1) is 14.1. The Bertz CT molecular complexity index is 1490. The zero-order chi connectivity index (χ0) is 21.8. The molecule has 7 nitrogen and oxygen atoms in total. The second-order valence-corrected chi connectivity index (χ2v) is 11.2. The van der Waals surface area contributed by atoms with Gasteiger partial charge >= 0.3 is 9.75 Å². The van der Waals surface area contributed by atoms with Crippen LogP contribution in [0.4, 0.5) is 5.69 Å². The van der Waals surface area contributed by atoms with E-state index in [0.29, 0.717) is 10.4 Å². The van der Waals surface area contributed by atoms with Gasteiger partial charge in [-0.1, -0.05) is 22.7 Å². The summed E-state index contributed by atoms with van der Waals surface area (Å²) in [5, 5.41) is 0. The van der Waals surface area contributed by atoms with Crippen molar-refractivity contribution in [3.63, 3.8) is 0 Å². The lowest BCUT2D eigenvalue weighted by molar-refractivity contribution is 0.601. The fourth-order valence-electron chi connectivity index (χ4n) is 3.48. The van der Waals surface area contributed by atoms with Crippen molar-refractivity contribution >= 4 is 58.8 Å². The highest BCUT2D eigenvalue weighted by atomic mass is 32.2. The Morgan fingerprint density at radius 3 is 1.83 bits per heavy atom. The van der Waals surface area contributed by atoms with Crippen LogP contribution in [0.1, 0.15) is 39.8 Å². The first kappa shape index (κ1) is 20.8. The minimum atomic E-state index is -3.85. The maximum Gasteiger partial charge on any atom is 0.308 e. The Morgan fingerprint density at radius 2 is 1.30 bits per heavy atom. The number of fused-ring (bicyclic) bond motifs is 2. The number of hydrogen-bond acceptors (Lipinski definition) is 6. The Labute approximate surface area is 181 Å². The minimum absolute atomic E-state index is 0.0103. The topological polar surface area (TPSA) is 90.2 Å². The van der Waals surface area contributed by atoms with E-state index < -0.39 is 10.0 Å². The molecule has 0 atom stereocenters. The second kappa shape index (κ2) is 7.36. The van der Waals surface area contributed by atoms with E-state index in [-0.39, 0.29) is 26.7 Å². The Morgan fingerprint density at radius 1 is 0.800 bits per heavy atom. The molecule has 0 saturated carbocycles. The van der Waals surface area contributed by atoms with Crippen LogP contribution in [0.2, 0.25) is 0 Å². The van der Waals surface area contributed by atoms with Gasteiger partial charge in [0.1, 0.15) is 0 Å². The molecule has 0 radical (unpaired) electrons. The molecule has 158 valence electrons. The van der Waals surface area contributed by atoms with E-state index in [4.69, 9.17) is 0 Å². The summed E-state index contributed by atoms with van der Waals surface area (Å²) in [6.07, 6.45) is 0. The van der Waals surface area contributed by atoms with Gasteiger partial charge in [-0.05, 0) is 64.1 Å². The largest absolute Gasteiger partial charge is 0.308 e. The molecule has 0 unspecified atom stereocenters. The molecule has 10 heteroatoms. The average Bonchev–Trinajstić information content (AvgIpc) is 3.15. The molecule has 0 amide bonds. The van der Waals surface area contributed by atoms with Gasteiger partial charge in [-0.3, -0.25) is 23.4 Å². The fraction of sp³-hybridized carbons (Fsp3) is 0.300. The van der Waals surface area contributed by atoms with Gasteiger partial charge in [-0.15, -0.1) is 0 Å². The lowest BCUT2D eigenvalue weighted by atomic mass is 10.3. The van der Waals surface area contributed by atoms with E-state index in [1.165, 1.54) is 12.1 Å². The number of anilines is 1. The van der Waals surface area contributed by atoms with E-state index in [0.717, 1.165) is 38.4 Å². The van der Waals surface area contributed by atoms with Crippen LogP contribution in [0.15, 0.2) is 50.9 Å². The average molecular weight is 464 g/mol. The fourth-order valence-corrected chi connectivity index (χ4v) is 6.73. The van der Waals surface area contributed by atoms with Gasteiger partial charge < -0.3 is 0 Å². The molecule has 0 saturated heterocycles. The second-order valence-electron chi connectivity index (χ2n) is 7.58. The van der Waals surface area contributed by atoms with Crippen molar-refractivity contribution < 1.29 is 8.42 Å². The molecular weight excluding hydrogens is 442 g/mol. The molecule has 0 aliphatic carbocycles. The first-order valence-electron chi connectivity index (χ1n) is 9.41. The number of benzene rings is 2. The van der Waals surface area contributed by atoms with E-state index in [1.54, 1.807) is 33.4 Å². The van der Waals surface area contributed by atoms with Crippen LogP contribution in [-0.4, -0.2) is 17.6 Å². The molecule has 4 aromatic rings. The summed E-state index contributed by atoms with van der Waals surface area (Å²) >= 11 is 2.12. The van der Waals surface area contributed by atoms with Crippen molar-refractivity contribution in [3.05, 3.63) is 55.7 Å². The van der Waals surface area contributed by atoms with E-state index >= 15 is 0 Å². The van der Waals surface area contributed by atoms with Crippen molar-refractivity contribution in [1.29, 1.82) is 0 Å². The van der Waals surface area contributed by atoms with Gasteiger partial charge in [0, 0.05) is 12.1 Å². The van der Waals surface area contributed by atoms with Crippen molar-refractivity contribution in [1.82, 2.24) is 9.13 Å². The summed E-state index contributed by atoms with van der Waals surface area (Å²) in [6.45, 7) is 7.69. The monoisotopic (exact) mass is 463 g/mol. The molecule has 0 bridgehead atoms. The number of nitrogens with one attached hydrogen (secondary N) is 1. The maximum absolute atomic E-state index is 12.9. The summed E-state index contributed by atoms with van der Waals surface area (Å²) in [5.41, 5.74) is 1.89. The highest BCUT2D eigenvalue weighted by Crippen LogP contribution is 2.28. The first-order valence-corrected chi connectivity index (χ1v) is 12.5. The predicted molar refractivity (Wildman–Crippen MR) is 124 cm³/mol. The molecule has 0 fully saturated rings. The van der Waals surface area contributed by atoms with E-state index in [9.17, 15) is 18.0 Å². The summed E-state index contributed by atoms with van der Waals surface area (Å²) in [5.74, 6) is 0.